The molecule has 2 fully saturated rings. The third kappa shape index (κ3) is 3.69. The Morgan fingerprint density at radius 1 is 1.08 bits per heavy atom. The van der Waals surface area contributed by atoms with Crippen molar-refractivity contribution in [2.24, 2.45) is 5.92 Å². The number of piperidine rings is 1. The molecule has 2 saturated heterocycles. The van der Waals surface area contributed by atoms with Crippen molar-refractivity contribution in [1.29, 1.82) is 5.26 Å². The van der Waals surface area contributed by atoms with Gasteiger partial charge in [-0.3, -0.25) is 9.69 Å². The maximum atomic E-state index is 14.0. The number of carbonyl (C=O) groups is 1. The summed E-state index contributed by atoms with van der Waals surface area (Å²) in [6.07, 6.45) is 4.16. The number of hydrogen-bond acceptors (Lipinski definition) is 5. The van der Waals surface area contributed by atoms with Crippen molar-refractivity contribution in [3.05, 3.63) is 63.7 Å². The molecule has 4 aliphatic rings. The smallest absolute Gasteiger partial charge is 0.170 e. The van der Waals surface area contributed by atoms with E-state index in [4.69, 9.17) is 4.74 Å². The Kier molecular flexibility index (Phi) is 5.93. The van der Waals surface area contributed by atoms with Gasteiger partial charge in [0.25, 0.3) is 0 Å². The fraction of sp³-hybridized carbons (Fsp3) is 0.548. The van der Waals surface area contributed by atoms with E-state index < -0.39 is 0 Å². The fourth-order valence-electron chi connectivity index (χ4n) is 7.45. The topological polar surface area (TPSA) is 56.6 Å². The Bertz CT molecular complexity index is 1230. The van der Waals surface area contributed by atoms with Gasteiger partial charge in [-0.2, -0.15) is 5.26 Å². The van der Waals surface area contributed by atoms with Crippen LogP contribution in [0.25, 0.3) is 0 Å². The number of nitriles is 1. The minimum atomic E-state index is -0.118. The summed E-state index contributed by atoms with van der Waals surface area (Å²) in [6, 6.07) is 13.4. The van der Waals surface area contributed by atoms with Gasteiger partial charge >= 0.3 is 0 Å². The fourth-order valence-corrected chi connectivity index (χ4v) is 7.45. The molecule has 0 N–H and O–H groups in total. The molecule has 0 aromatic heterocycles. The quantitative estimate of drug-likeness (QED) is 0.625. The first-order valence-electron chi connectivity index (χ1n) is 13.7. The zero-order valence-electron chi connectivity index (χ0n) is 21.8. The van der Waals surface area contributed by atoms with E-state index in [0.29, 0.717) is 11.6 Å². The summed E-state index contributed by atoms with van der Waals surface area (Å²) in [5.74, 6) is 0.397. The molecule has 0 spiro atoms. The molecule has 5 nitrogen and oxygen atoms in total. The van der Waals surface area contributed by atoms with Gasteiger partial charge < -0.3 is 9.64 Å². The molecule has 0 saturated carbocycles. The Morgan fingerprint density at radius 2 is 1.83 bits per heavy atom. The summed E-state index contributed by atoms with van der Waals surface area (Å²) in [6.45, 7) is 12.8. The third-order valence-electron chi connectivity index (χ3n) is 9.59. The summed E-state index contributed by atoms with van der Waals surface area (Å²) in [5, 5.41) is 9.40. The van der Waals surface area contributed by atoms with E-state index >= 15 is 0 Å². The van der Waals surface area contributed by atoms with Crippen LogP contribution in [0.2, 0.25) is 0 Å². The average molecular weight is 484 g/mol. The molecule has 2 heterocycles. The van der Waals surface area contributed by atoms with Gasteiger partial charge in [-0.15, -0.1) is 0 Å². The summed E-state index contributed by atoms with van der Waals surface area (Å²) in [4.78, 5) is 19.2. The number of benzene rings is 2. The lowest BCUT2D eigenvalue weighted by molar-refractivity contribution is 0.0115. The molecule has 0 bridgehead atoms. The van der Waals surface area contributed by atoms with Gasteiger partial charge in [0.2, 0.25) is 0 Å². The van der Waals surface area contributed by atoms with Gasteiger partial charge in [0.1, 0.15) is 0 Å². The summed E-state index contributed by atoms with van der Waals surface area (Å²) < 4.78 is 5.56. The molecule has 36 heavy (non-hydrogen) atoms. The SMILES string of the molecule is CCc1cc2c(cc1N1CCC(N3CCOCC3)CC1)C(C)(C)C1Cc3cc(C#N)ccc3C1C2=O. The van der Waals surface area contributed by atoms with Crippen LogP contribution in [0.4, 0.5) is 5.69 Å². The lowest BCUT2D eigenvalue weighted by Gasteiger charge is -2.44. The number of aryl methyl sites for hydroxylation is 1. The van der Waals surface area contributed by atoms with Crippen molar-refractivity contribution in [3.8, 4) is 6.07 Å². The molecule has 5 heteroatoms. The standard InChI is InChI=1S/C31H37N3O2/c1-4-21-16-25-26(18-28(21)34-9-7-23(8-10-34)33-11-13-36-14-12-33)31(2,3)27-17-22-15-20(19-32)5-6-24(22)29(27)30(25)35/h5-6,15-16,18,23,27,29H,4,7-14,17H2,1-3H3. The molecule has 6 rings (SSSR count). The minimum absolute atomic E-state index is 0.102. The van der Waals surface area contributed by atoms with Crippen molar-refractivity contribution in [2.45, 2.75) is 63.8 Å². The van der Waals surface area contributed by atoms with Gasteiger partial charge in [-0.1, -0.05) is 26.8 Å². The number of hydrogen-bond donors (Lipinski definition) is 0. The number of ketones is 1. The Balaban J connectivity index is 1.32. The van der Waals surface area contributed by atoms with Crippen molar-refractivity contribution < 1.29 is 9.53 Å². The van der Waals surface area contributed by atoms with Crippen molar-refractivity contribution >= 4 is 11.5 Å². The van der Waals surface area contributed by atoms with Crippen LogP contribution in [0.15, 0.2) is 30.3 Å². The number of Topliss-reactive ketones (excluding diaryl/α,β-unsaturated/α-hetero) is 1. The molecule has 2 atom stereocenters. The highest BCUT2D eigenvalue weighted by Crippen LogP contribution is 2.55. The van der Waals surface area contributed by atoms with Gasteiger partial charge in [-0.05, 0) is 83.5 Å². The van der Waals surface area contributed by atoms with Crippen molar-refractivity contribution in [2.75, 3.05) is 44.3 Å². The molecular weight excluding hydrogens is 446 g/mol. The maximum absolute atomic E-state index is 14.0. The number of rotatable bonds is 3. The Morgan fingerprint density at radius 3 is 2.53 bits per heavy atom. The normalized spacial score (nSPS) is 25.7. The maximum Gasteiger partial charge on any atom is 0.170 e. The highest BCUT2D eigenvalue weighted by molar-refractivity contribution is 6.05. The number of carbonyl (C=O) groups excluding carboxylic acids is 1. The number of ether oxygens (including phenoxy) is 1. The molecule has 0 radical (unpaired) electrons. The second-order valence-electron chi connectivity index (χ2n) is 11.6. The average Bonchev–Trinajstić information content (AvgIpc) is 3.32. The third-order valence-corrected chi connectivity index (χ3v) is 9.59. The summed E-state index contributed by atoms with van der Waals surface area (Å²) >= 11 is 0. The first-order valence-corrected chi connectivity index (χ1v) is 13.7. The minimum Gasteiger partial charge on any atom is -0.379 e. The van der Waals surface area contributed by atoms with E-state index in [9.17, 15) is 10.1 Å². The highest BCUT2D eigenvalue weighted by Gasteiger charge is 2.51. The van der Waals surface area contributed by atoms with Crippen LogP contribution in [-0.4, -0.2) is 56.1 Å². The van der Waals surface area contributed by atoms with Gasteiger partial charge in [0, 0.05) is 43.5 Å². The van der Waals surface area contributed by atoms with Crippen LogP contribution in [-0.2, 0) is 23.0 Å². The number of fused-ring (bicyclic) bond motifs is 4. The van der Waals surface area contributed by atoms with E-state index in [1.807, 2.05) is 18.2 Å². The largest absolute Gasteiger partial charge is 0.379 e. The van der Waals surface area contributed by atoms with Crippen molar-refractivity contribution in [3.63, 3.8) is 0 Å². The number of anilines is 1. The Labute approximate surface area is 215 Å². The Hall–Kier alpha value is -2.68. The number of nitrogens with zero attached hydrogens (tertiary/aromatic N) is 3. The van der Waals surface area contributed by atoms with Crippen LogP contribution < -0.4 is 4.90 Å². The van der Waals surface area contributed by atoms with Crippen molar-refractivity contribution in [1.82, 2.24) is 4.90 Å². The summed E-state index contributed by atoms with van der Waals surface area (Å²) in [5.41, 5.74) is 7.64. The molecule has 2 aromatic rings. The van der Waals surface area contributed by atoms with Gasteiger partial charge in [-0.25, -0.2) is 0 Å². The zero-order valence-corrected chi connectivity index (χ0v) is 21.8. The predicted molar refractivity (Wildman–Crippen MR) is 142 cm³/mol. The molecule has 2 aliphatic heterocycles. The monoisotopic (exact) mass is 483 g/mol. The van der Waals surface area contributed by atoms with Gasteiger partial charge in [0.05, 0.1) is 30.8 Å². The summed E-state index contributed by atoms with van der Waals surface area (Å²) in [7, 11) is 0. The van der Waals surface area contributed by atoms with Crippen LogP contribution in [0.5, 0.6) is 0 Å². The van der Waals surface area contributed by atoms with E-state index in [1.165, 1.54) is 35.2 Å². The van der Waals surface area contributed by atoms with Gasteiger partial charge in [0.15, 0.2) is 5.78 Å². The molecular formula is C31H37N3O2. The van der Waals surface area contributed by atoms with Crippen LogP contribution in [0.3, 0.4) is 0 Å². The molecule has 188 valence electrons. The van der Waals surface area contributed by atoms with E-state index in [1.54, 1.807) is 0 Å². The van der Waals surface area contributed by atoms with E-state index in [-0.39, 0.29) is 23.0 Å². The second kappa shape index (κ2) is 9.01. The predicted octanol–water partition coefficient (Wildman–Crippen LogP) is 4.85. The van der Waals surface area contributed by atoms with E-state index in [2.05, 4.69) is 48.8 Å². The molecule has 2 unspecified atom stereocenters. The highest BCUT2D eigenvalue weighted by atomic mass is 16.5. The van der Waals surface area contributed by atoms with Crippen LogP contribution in [0.1, 0.15) is 77.7 Å². The second-order valence-corrected chi connectivity index (χ2v) is 11.6. The zero-order chi connectivity index (χ0) is 25.0. The molecule has 2 aliphatic carbocycles. The van der Waals surface area contributed by atoms with Crippen LogP contribution >= 0.6 is 0 Å². The first-order chi connectivity index (χ1) is 17.4. The van der Waals surface area contributed by atoms with E-state index in [0.717, 1.165) is 63.4 Å². The lowest BCUT2D eigenvalue weighted by Crippen LogP contribution is -2.49. The molecule has 2 aromatic carbocycles. The number of morpholine rings is 1. The first kappa shape index (κ1) is 23.7. The van der Waals surface area contributed by atoms with Crippen LogP contribution in [0, 0.1) is 17.2 Å². The lowest BCUT2D eigenvalue weighted by atomic mass is 9.60. The molecule has 0 amide bonds.